The highest BCUT2D eigenvalue weighted by Gasteiger charge is 2.22. The normalized spacial score (nSPS) is 13.8. The lowest BCUT2D eigenvalue weighted by Gasteiger charge is -2.25. The molecule has 0 heterocycles. The Morgan fingerprint density at radius 3 is 1.30 bits per heavy atom. The number of rotatable bonds is 9. The summed E-state index contributed by atoms with van der Waals surface area (Å²) in [6.45, 7) is 13.6. The highest BCUT2D eigenvalue weighted by Crippen LogP contribution is 2.37. The number of hydrogen-bond donors (Lipinski definition) is 1. The summed E-state index contributed by atoms with van der Waals surface area (Å²) in [5.41, 5.74) is 12.0. The third kappa shape index (κ3) is 6.16. The van der Waals surface area contributed by atoms with E-state index in [1.807, 2.05) is 6.07 Å². The number of aromatic hydroxyl groups is 1. The molecule has 0 radical (unpaired) electrons. The van der Waals surface area contributed by atoms with Gasteiger partial charge in [-0.05, 0) is 114 Å². The van der Waals surface area contributed by atoms with Crippen LogP contribution in [0, 0.1) is 20.8 Å². The van der Waals surface area contributed by atoms with Gasteiger partial charge < -0.3 is 5.11 Å². The van der Waals surface area contributed by atoms with Crippen molar-refractivity contribution in [2.75, 3.05) is 0 Å². The maximum absolute atomic E-state index is 11.2. The molecule has 192 valence electrons. The molecular weight excluding hydrogens is 448 g/mol. The molecule has 0 aliphatic carbocycles. The van der Waals surface area contributed by atoms with Crippen molar-refractivity contribution in [3.05, 3.63) is 135 Å². The van der Waals surface area contributed by atoms with Crippen LogP contribution in [0.15, 0.2) is 84.9 Å². The highest BCUT2D eigenvalue weighted by molar-refractivity contribution is 5.48. The van der Waals surface area contributed by atoms with Crippen molar-refractivity contribution in [2.24, 2.45) is 0 Å². The van der Waals surface area contributed by atoms with E-state index < -0.39 is 0 Å². The summed E-state index contributed by atoms with van der Waals surface area (Å²) in [4.78, 5) is 0. The van der Waals surface area contributed by atoms with E-state index in [1.54, 1.807) is 0 Å². The molecule has 0 fully saturated rings. The van der Waals surface area contributed by atoms with Gasteiger partial charge in [-0.1, -0.05) is 99.6 Å². The first-order valence-electron chi connectivity index (χ1n) is 13.7. The predicted molar refractivity (Wildman–Crippen MR) is 158 cm³/mol. The van der Waals surface area contributed by atoms with E-state index in [-0.39, 0.29) is 0 Å². The molecule has 0 saturated carbocycles. The van der Waals surface area contributed by atoms with Gasteiger partial charge in [-0.2, -0.15) is 0 Å². The Morgan fingerprint density at radius 2 is 0.865 bits per heavy atom. The zero-order valence-electron chi connectivity index (χ0n) is 23.4. The summed E-state index contributed by atoms with van der Waals surface area (Å²) < 4.78 is 0. The standard InChI is InChI=1S/C36H42O/c1-24-13-7-10-16-31(24)27(4)21-30-19-20-36(37)35(23-29(6)33-18-12-9-15-26(33)3)34(30)22-28(5)32-17-11-8-14-25(32)2/h7-20,27-29,37H,21-23H2,1-6H3. The van der Waals surface area contributed by atoms with Crippen LogP contribution in [0.1, 0.15) is 88.6 Å². The van der Waals surface area contributed by atoms with Crippen LogP contribution in [0.4, 0.5) is 0 Å². The summed E-state index contributed by atoms with van der Waals surface area (Å²) in [6.07, 6.45) is 2.72. The van der Waals surface area contributed by atoms with E-state index in [1.165, 1.54) is 44.5 Å². The Balaban J connectivity index is 1.75. The molecule has 0 saturated heterocycles. The van der Waals surface area contributed by atoms with E-state index in [9.17, 15) is 5.11 Å². The molecular formula is C36H42O. The summed E-state index contributed by atoms with van der Waals surface area (Å²) in [7, 11) is 0. The first kappa shape index (κ1) is 26.7. The van der Waals surface area contributed by atoms with Crippen molar-refractivity contribution in [3.8, 4) is 5.75 Å². The van der Waals surface area contributed by atoms with Crippen LogP contribution in [0.5, 0.6) is 5.75 Å². The van der Waals surface area contributed by atoms with Crippen molar-refractivity contribution in [1.29, 1.82) is 0 Å². The van der Waals surface area contributed by atoms with Crippen LogP contribution in [0.2, 0.25) is 0 Å². The third-order valence-corrected chi connectivity index (χ3v) is 8.21. The minimum absolute atomic E-state index is 0.323. The molecule has 1 N–H and O–H groups in total. The lowest BCUT2D eigenvalue weighted by atomic mass is 9.80. The second kappa shape index (κ2) is 11.8. The Bertz CT molecular complexity index is 1350. The van der Waals surface area contributed by atoms with Crippen molar-refractivity contribution in [2.45, 2.75) is 78.6 Å². The van der Waals surface area contributed by atoms with E-state index >= 15 is 0 Å². The molecule has 0 bridgehead atoms. The van der Waals surface area contributed by atoms with Crippen LogP contribution in [-0.2, 0) is 19.3 Å². The minimum Gasteiger partial charge on any atom is -0.508 e. The second-order valence-electron chi connectivity index (χ2n) is 11.1. The van der Waals surface area contributed by atoms with E-state index in [2.05, 4.69) is 120 Å². The Morgan fingerprint density at radius 1 is 0.486 bits per heavy atom. The zero-order chi connectivity index (χ0) is 26.5. The van der Waals surface area contributed by atoms with Gasteiger partial charge in [0.1, 0.15) is 5.75 Å². The van der Waals surface area contributed by atoms with Gasteiger partial charge in [-0.3, -0.25) is 0 Å². The van der Waals surface area contributed by atoms with Crippen LogP contribution in [0.25, 0.3) is 0 Å². The third-order valence-electron chi connectivity index (χ3n) is 8.21. The minimum atomic E-state index is 0.323. The first-order valence-corrected chi connectivity index (χ1v) is 13.7. The van der Waals surface area contributed by atoms with E-state index in [0.717, 1.165) is 24.8 Å². The van der Waals surface area contributed by atoms with Crippen LogP contribution < -0.4 is 0 Å². The van der Waals surface area contributed by atoms with Gasteiger partial charge in [0.05, 0.1) is 0 Å². The molecule has 0 aliphatic heterocycles. The SMILES string of the molecule is Cc1ccccc1C(C)Cc1ccc(O)c(CC(C)c2ccccc2C)c1CC(C)c1ccccc1C. The molecule has 0 spiro atoms. The molecule has 0 amide bonds. The van der Waals surface area contributed by atoms with Crippen molar-refractivity contribution < 1.29 is 5.11 Å². The average molecular weight is 491 g/mol. The fourth-order valence-corrected chi connectivity index (χ4v) is 6.09. The van der Waals surface area contributed by atoms with Gasteiger partial charge in [-0.25, -0.2) is 0 Å². The summed E-state index contributed by atoms with van der Waals surface area (Å²) in [6, 6.07) is 30.2. The lowest BCUT2D eigenvalue weighted by Crippen LogP contribution is -2.11. The molecule has 4 rings (SSSR count). The van der Waals surface area contributed by atoms with Crippen LogP contribution >= 0.6 is 0 Å². The molecule has 1 heteroatoms. The average Bonchev–Trinajstić information content (AvgIpc) is 2.88. The molecule has 4 aromatic carbocycles. The predicted octanol–water partition coefficient (Wildman–Crippen LogP) is 9.36. The Labute approximate surface area is 224 Å². The largest absolute Gasteiger partial charge is 0.508 e. The van der Waals surface area contributed by atoms with Crippen molar-refractivity contribution in [1.82, 2.24) is 0 Å². The lowest BCUT2D eigenvalue weighted by molar-refractivity contribution is 0.463. The number of benzene rings is 4. The first-order chi connectivity index (χ1) is 17.8. The maximum atomic E-state index is 11.2. The van der Waals surface area contributed by atoms with Gasteiger partial charge in [0.15, 0.2) is 0 Å². The smallest absolute Gasteiger partial charge is 0.119 e. The van der Waals surface area contributed by atoms with Crippen molar-refractivity contribution in [3.63, 3.8) is 0 Å². The molecule has 3 unspecified atom stereocenters. The fraction of sp³-hybridized carbons (Fsp3) is 0.333. The number of phenols is 1. The van der Waals surface area contributed by atoms with Crippen molar-refractivity contribution >= 4 is 0 Å². The molecule has 4 aromatic rings. The highest BCUT2D eigenvalue weighted by atomic mass is 16.3. The maximum Gasteiger partial charge on any atom is 0.119 e. The summed E-state index contributed by atoms with van der Waals surface area (Å²) in [5.74, 6) is 1.52. The molecule has 3 atom stereocenters. The summed E-state index contributed by atoms with van der Waals surface area (Å²) >= 11 is 0. The fourth-order valence-electron chi connectivity index (χ4n) is 6.09. The van der Waals surface area contributed by atoms with Gasteiger partial charge in [0.25, 0.3) is 0 Å². The van der Waals surface area contributed by atoms with E-state index in [0.29, 0.717) is 23.5 Å². The topological polar surface area (TPSA) is 20.2 Å². The second-order valence-corrected chi connectivity index (χ2v) is 11.1. The van der Waals surface area contributed by atoms with Gasteiger partial charge >= 0.3 is 0 Å². The van der Waals surface area contributed by atoms with Gasteiger partial charge in [-0.15, -0.1) is 0 Å². The molecule has 37 heavy (non-hydrogen) atoms. The van der Waals surface area contributed by atoms with E-state index in [4.69, 9.17) is 0 Å². The Kier molecular flexibility index (Phi) is 8.54. The zero-order valence-corrected chi connectivity index (χ0v) is 23.4. The van der Waals surface area contributed by atoms with Crippen LogP contribution in [0.3, 0.4) is 0 Å². The number of phenolic OH excluding ortho intramolecular Hbond substituents is 1. The number of hydrogen-bond acceptors (Lipinski definition) is 1. The Hall–Kier alpha value is -3.32. The summed E-state index contributed by atoms with van der Waals surface area (Å²) in [5, 5.41) is 11.2. The van der Waals surface area contributed by atoms with Gasteiger partial charge in [0, 0.05) is 0 Å². The monoisotopic (exact) mass is 490 g/mol. The molecule has 0 aromatic heterocycles. The van der Waals surface area contributed by atoms with Gasteiger partial charge in [0.2, 0.25) is 0 Å². The quantitative estimate of drug-likeness (QED) is 0.248. The molecule has 0 aliphatic rings. The number of aryl methyl sites for hydroxylation is 3. The van der Waals surface area contributed by atoms with Crippen LogP contribution in [-0.4, -0.2) is 5.11 Å². The molecule has 1 nitrogen and oxygen atoms in total.